The molecule has 348 valence electrons. The predicted molar refractivity (Wildman–Crippen MR) is 240 cm³/mol. The number of anilines is 1. The number of fused-ring (bicyclic) bond motifs is 2. The minimum Gasteiger partial charge on any atom is -0.481 e. The minimum atomic E-state index is -4.30. The number of aliphatic carboxylic acids is 1. The summed E-state index contributed by atoms with van der Waals surface area (Å²) in [7, 11) is -3.93. The fraction of sp³-hybridized carbons (Fsp3) is 0.545. The fourth-order valence-corrected chi connectivity index (χ4v) is 9.50. The summed E-state index contributed by atoms with van der Waals surface area (Å²) in [5.74, 6) is -2.45. The minimum absolute atomic E-state index is 0.0282. The van der Waals surface area contributed by atoms with Crippen LogP contribution >= 0.6 is 0 Å². The Hall–Kier alpha value is -4.50. The van der Waals surface area contributed by atoms with Crippen LogP contribution in [0.2, 0.25) is 0 Å². The number of allylic oxidation sites excluding steroid dienone is 4. The molecule has 0 bridgehead atoms. The Balaban J connectivity index is 1.90. The molecule has 0 fully saturated rings. The van der Waals surface area contributed by atoms with Crippen LogP contribution in [0.15, 0.2) is 60.3 Å². The number of carboxylic acid groups (broad SMARTS) is 1. The highest BCUT2D eigenvalue weighted by atomic mass is 32.2. The van der Waals surface area contributed by atoms with Gasteiger partial charge in [-0.3, -0.25) is 23.5 Å². The number of hydrogen-bond acceptors (Lipinski definition) is 11. The van der Waals surface area contributed by atoms with Gasteiger partial charge in [0.25, 0.3) is 32.1 Å². The van der Waals surface area contributed by atoms with Crippen molar-refractivity contribution in [1.29, 1.82) is 0 Å². The first-order valence-corrected chi connectivity index (χ1v) is 24.3. The summed E-state index contributed by atoms with van der Waals surface area (Å²) in [6, 6.07) is 10.8. The summed E-state index contributed by atoms with van der Waals surface area (Å²) in [5.41, 5.74) is 3.76. The van der Waals surface area contributed by atoms with Crippen molar-refractivity contribution in [2.75, 3.05) is 83.7 Å². The summed E-state index contributed by atoms with van der Waals surface area (Å²) in [6.07, 6.45) is 8.24. The highest BCUT2D eigenvalue weighted by Crippen LogP contribution is 2.51. The standard InChI is InChI=1S/C44H62N4O13S2/c1-43(19-10-28-62(53,54)55)34-30-32(41(51)45-21-25-59-3)15-17-36(34)47(23-8-6-7-14-40(49)50)38(43)12-9-13-39-44(2,20-11-29-63(56,57)58)35-31-33(42(52)46-22-26-60-4)16-18-37(35)48(39)24-27-61-5/h9,12-13,15-18,30-31H,6-8,10-11,14,19-29H2,1-5H3,(H4-,45,46,49,50,51,52,53,54,55,56,57,58)/p+1. The van der Waals surface area contributed by atoms with Crippen LogP contribution in [0.1, 0.15) is 97.1 Å². The average Bonchev–Trinajstić information content (AvgIpc) is 3.58. The molecule has 0 radical (unpaired) electrons. The third-order valence-electron chi connectivity index (χ3n) is 11.6. The lowest BCUT2D eigenvalue weighted by atomic mass is 9.75. The second-order valence-electron chi connectivity index (χ2n) is 16.2. The van der Waals surface area contributed by atoms with E-state index in [0.717, 1.165) is 33.9 Å². The number of carbonyl (C=O) groups is 3. The molecule has 0 spiro atoms. The molecule has 17 nitrogen and oxygen atoms in total. The highest BCUT2D eigenvalue weighted by molar-refractivity contribution is 7.86. The molecular weight excluding hydrogens is 857 g/mol. The summed E-state index contributed by atoms with van der Waals surface area (Å²) in [4.78, 5) is 39.9. The molecule has 5 N–H and O–H groups in total. The van der Waals surface area contributed by atoms with Gasteiger partial charge in [-0.2, -0.15) is 21.4 Å². The molecule has 4 rings (SSSR count). The zero-order valence-electron chi connectivity index (χ0n) is 36.9. The number of carbonyl (C=O) groups excluding carboxylic acids is 2. The van der Waals surface area contributed by atoms with Crippen molar-refractivity contribution in [3.05, 3.63) is 82.6 Å². The van der Waals surface area contributed by atoms with E-state index in [2.05, 4.69) is 20.1 Å². The molecule has 0 saturated carbocycles. The maximum atomic E-state index is 13.3. The number of methoxy groups -OCH3 is 3. The van der Waals surface area contributed by atoms with E-state index in [1.165, 1.54) is 14.2 Å². The number of benzene rings is 2. The van der Waals surface area contributed by atoms with Gasteiger partial charge in [0.05, 0.1) is 36.7 Å². The molecule has 2 aromatic rings. The van der Waals surface area contributed by atoms with Gasteiger partial charge in [-0.25, -0.2) is 0 Å². The predicted octanol–water partition coefficient (Wildman–Crippen LogP) is 4.64. The van der Waals surface area contributed by atoms with E-state index < -0.39 is 48.5 Å². The molecular formula is C44H63N4O13S2+. The maximum Gasteiger partial charge on any atom is 0.303 e. The van der Waals surface area contributed by atoms with E-state index in [1.807, 2.05) is 44.2 Å². The molecule has 63 heavy (non-hydrogen) atoms. The van der Waals surface area contributed by atoms with Gasteiger partial charge in [-0.05, 0) is 94.3 Å². The van der Waals surface area contributed by atoms with Gasteiger partial charge >= 0.3 is 5.97 Å². The van der Waals surface area contributed by atoms with Crippen LogP contribution in [0.4, 0.5) is 11.4 Å². The SMILES string of the molecule is COCCNC(=O)c1ccc2c(c1)C(C)(CCCS(=O)(=O)O)C(/C=C/C=C1/N(CCOC)c3ccc(C(=O)NCCOC)cc3C1(C)CCCS(=O)(=O)O)=[N+]2CCCCCC(=O)O. The number of carboxylic acids is 1. The molecule has 2 aliphatic rings. The quantitative estimate of drug-likeness (QED) is 0.0467. The summed E-state index contributed by atoms with van der Waals surface area (Å²) >= 11 is 0. The zero-order chi connectivity index (χ0) is 46.4. The first-order valence-electron chi connectivity index (χ1n) is 21.1. The zero-order valence-corrected chi connectivity index (χ0v) is 38.5. The van der Waals surface area contributed by atoms with Crippen molar-refractivity contribution in [1.82, 2.24) is 10.6 Å². The topological polar surface area (TPSA) is 238 Å². The van der Waals surface area contributed by atoms with Gasteiger partial charge in [0.2, 0.25) is 5.69 Å². The molecule has 0 aromatic heterocycles. The van der Waals surface area contributed by atoms with Gasteiger partial charge in [-0.15, -0.1) is 0 Å². The van der Waals surface area contributed by atoms with Crippen molar-refractivity contribution < 1.29 is 64.2 Å². The van der Waals surface area contributed by atoms with Crippen molar-refractivity contribution in [2.45, 2.75) is 76.0 Å². The Morgan fingerprint density at radius 2 is 1.30 bits per heavy atom. The van der Waals surface area contributed by atoms with E-state index in [-0.39, 0.29) is 50.5 Å². The molecule has 2 atom stereocenters. The molecule has 19 heteroatoms. The van der Waals surface area contributed by atoms with Gasteiger partial charge in [0.15, 0.2) is 5.71 Å². The highest BCUT2D eigenvalue weighted by Gasteiger charge is 2.48. The van der Waals surface area contributed by atoms with Crippen LogP contribution in [-0.2, 0) is 50.1 Å². The molecule has 0 saturated heterocycles. The van der Waals surface area contributed by atoms with Crippen LogP contribution in [-0.4, -0.2) is 138 Å². The van der Waals surface area contributed by atoms with E-state index in [0.29, 0.717) is 69.8 Å². The lowest BCUT2D eigenvalue weighted by Crippen LogP contribution is -2.33. The van der Waals surface area contributed by atoms with Gasteiger partial charge < -0.3 is 34.9 Å². The van der Waals surface area contributed by atoms with Crippen LogP contribution < -0.4 is 15.5 Å². The number of amides is 2. The number of hydrogen-bond donors (Lipinski definition) is 5. The Kier molecular flexibility index (Phi) is 18.6. The number of unbranched alkanes of at least 4 members (excludes halogenated alkanes) is 2. The number of nitrogens with zero attached hydrogens (tertiary/aromatic N) is 2. The lowest BCUT2D eigenvalue weighted by Gasteiger charge is -2.30. The third kappa shape index (κ3) is 13.7. The summed E-state index contributed by atoms with van der Waals surface area (Å²) < 4.78 is 85.0. The number of rotatable bonds is 27. The van der Waals surface area contributed by atoms with Crippen molar-refractivity contribution in [3.63, 3.8) is 0 Å². The fourth-order valence-electron chi connectivity index (χ4n) is 8.49. The molecule has 0 aliphatic carbocycles. The van der Waals surface area contributed by atoms with Gasteiger partial charge in [0.1, 0.15) is 6.54 Å². The monoisotopic (exact) mass is 919 g/mol. The lowest BCUT2D eigenvalue weighted by molar-refractivity contribution is -0.438. The number of ether oxygens (including phenoxy) is 3. The van der Waals surface area contributed by atoms with E-state index in [1.54, 1.807) is 31.4 Å². The number of nitrogens with one attached hydrogen (secondary N) is 2. The molecule has 2 amide bonds. The average molecular weight is 920 g/mol. The first kappa shape index (κ1) is 51.1. The van der Waals surface area contributed by atoms with Crippen molar-refractivity contribution in [3.8, 4) is 0 Å². The Morgan fingerprint density at radius 3 is 1.86 bits per heavy atom. The summed E-state index contributed by atoms with van der Waals surface area (Å²) in [6.45, 7) is 6.38. The van der Waals surface area contributed by atoms with Crippen LogP contribution in [0.25, 0.3) is 0 Å². The third-order valence-corrected chi connectivity index (χ3v) is 13.3. The smallest absolute Gasteiger partial charge is 0.303 e. The van der Waals surface area contributed by atoms with Crippen molar-refractivity contribution >= 4 is 55.1 Å². The molecule has 2 aromatic carbocycles. The Labute approximate surface area is 371 Å². The van der Waals surface area contributed by atoms with Crippen LogP contribution in [0, 0.1) is 0 Å². The normalized spacial score (nSPS) is 19.2. The van der Waals surface area contributed by atoms with Crippen molar-refractivity contribution in [2.24, 2.45) is 0 Å². The van der Waals surface area contributed by atoms with E-state index >= 15 is 0 Å². The molecule has 2 unspecified atom stereocenters. The largest absolute Gasteiger partial charge is 0.481 e. The second-order valence-corrected chi connectivity index (χ2v) is 19.3. The molecule has 2 aliphatic heterocycles. The Morgan fingerprint density at radius 1 is 0.746 bits per heavy atom. The maximum absolute atomic E-state index is 13.3. The Bertz CT molecular complexity index is 2280. The van der Waals surface area contributed by atoms with E-state index in [9.17, 15) is 45.4 Å². The van der Waals surface area contributed by atoms with Gasteiger partial charge in [0, 0.05) is 99.4 Å². The molecule has 2 heterocycles. The first-order chi connectivity index (χ1) is 29.8. The van der Waals surface area contributed by atoms with E-state index in [4.69, 9.17) is 14.2 Å². The van der Waals surface area contributed by atoms with Crippen LogP contribution in [0.5, 0.6) is 0 Å². The van der Waals surface area contributed by atoms with Crippen LogP contribution in [0.3, 0.4) is 0 Å². The second kappa shape index (κ2) is 22.9. The van der Waals surface area contributed by atoms with Gasteiger partial charge in [-0.1, -0.05) is 6.08 Å². The summed E-state index contributed by atoms with van der Waals surface area (Å²) in [5, 5.41) is 15.0.